The number of hydrogen-bond acceptors (Lipinski definition) is 2. The van der Waals surface area contributed by atoms with E-state index < -0.39 is 0 Å². The topological polar surface area (TPSA) is 20.3 Å². The van der Waals surface area contributed by atoms with Gasteiger partial charge in [0.1, 0.15) is 0 Å². The molecular formula is C15H21NO. The Bertz CT molecular complexity index is 363. The third-order valence-corrected chi connectivity index (χ3v) is 3.36. The average Bonchev–Trinajstić information content (AvgIpc) is 2.83. The highest BCUT2D eigenvalue weighted by Crippen LogP contribution is 2.14. The van der Waals surface area contributed by atoms with Crippen molar-refractivity contribution in [1.29, 1.82) is 0 Å². The van der Waals surface area contributed by atoms with Crippen molar-refractivity contribution in [2.24, 2.45) is 0 Å². The predicted molar refractivity (Wildman–Crippen MR) is 70.2 cm³/mol. The summed E-state index contributed by atoms with van der Waals surface area (Å²) in [6, 6.07) is 8.15. The molecule has 1 saturated heterocycles. The van der Waals surface area contributed by atoms with Gasteiger partial charge in [0.05, 0.1) is 0 Å². The summed E-state index contributed by atoms with van der Waals surface area (Å²) in [7, 11) is 0. The minimum absolute atomic E-state index is 0.264. The Morgan fingerprint density at radius 3 is 2.41 bits per heavy atom. The van der Waals surface area contributed by atoms with Crippen LogP contribution in [0.4, 0.5) is 0 Å². The third kappa shape index (κ3) is 3.40. The molecule has 0 radical (unpaired) electrons. The Balaban J connectivity index is 1.94. The average molecular weight is 231 g/mol. The van der Waals surface area contributed by atoms with E-state index in [2.05, 4.69) is 17.0 Å². The highest BCUT2D eigenvalue weighted by atomic mass is 16.1. The quantitative estimate of drug-likeness (QED) is 0.725. The maximum Gasteiger partial charge on any atom is 0.162 e. The lowest BCUT2D eigenvalue weighted by Gasteiger charge is -2.14. The van der Waals surface area contributed by atoms with Crippen LogP contribution in [-0.4, -0.2) is 23.8 Å². The molecule has 1 aliphatic heterocycles. The van der Waals surface area contributed by atoms with Crippen molar-refractivity contribution < 1.29 is 4.79 Å². The molecule has 1 heterocycles. The molecule has 0 aromatic heterocycles. The van der Waals surface area contributed by atoms with Gasteiger partial charge in [-0.15, -0.1) is 0 Å². The molecule has 17 heavy (non-hydrogen) atoms. The van der Waals surface area contributed by atoms with E-state index in [9.17, 15) is 4.79 Å². The van der Waals surface area contributed by atoms with Crippen LogP contribution in [0.5, 0.6) is 0 Å². The van der Waals surface area contributed by atoms with Crippen molar-refractivity contribution in [3.8, 4) is 0 Å². The number of rotatable bonds is 5. The van der Waals surface area contributed by atoms with Crippen molar-refractivity contribution in [3.05, 3.63) is 35.4 Å². The summed E-state index contributed by atoms with van der Waals surface area (Å²) >= 11 is 0. The number of ketones is 1. The van der Waals surface area contributed by atoms with Crippen LogP contribution in [0.15, 0.2) is 24.3 Å². The monoisotopic (exact) mass is 231 g/mol. The Morgan fingerprint density at radius 2 is 1.82 bits per heavy atom. The third-order valence-electron chi connectivity index (χ3n) is 3.36. The fraction of sp³-hybridized carbons (Fsp3) is 0.533. The van der Waals surface area contributed by atoms with E-state index in [0.29, 0.717) is 6.42 Å². The lowest BCUT2D eigenvalue weighted by Crippen LogP contribution is -2.18. The van der Waals surface area contributed by atoms with Gasteiger partial charge in [0.25, 0.3) is 0 Å². The van der Waals surface area contributed by atoms with Gasteiger partial charge in [0.15, 0.2) is 5.78 Å². The number of benzene rings is 1. The summed E-state index contributed by atoms with van der Waals surface area (Å²) in [5.41, 5.74) is 2.18. The molecule has 0 saturated carbocycles. The number of carbonyl (C=O) groups is 1. The minimum Gasteiger partial charge on any atom is -0.299 e. The number of likely N-dealkylation sites (tertiary alicyclic amines) is 1. The maximum atomic E-state index is 11.7. The fourth-order valence-electron chi connectivity index (χ4n) is 2.37. The highest BCUT2D eigenvalue weighted by molar-refractivity contribution is 5.95. The summed E-state index contributed by atoms with van der Waals surface area (Å²) in [6.45, 7) is 5.51. The van der Waals surface area contributed by atoms with Crippen LogP contribution in [0.25, 0.3) is 0 Å². The number of hydrogen-bond donors (Lipinski definition) is 0. The first kappa shape index (κ1) is 12.3. The predicted octanol–water partition coefficient (Wildman–Crippen LogP) is 3.27. The Labute approximate surface area is 104 Å². The molecule has 0 atom stereocenters. The Morgan fingerprint density at radius 1 is 1.18 bits per heavy atom. The minimum atomic E-state index is 0.264. The van der Waals surface area contributed by atoms with Crippen LogP contribution in [-0.2, 0) is 6.54 Å². The van der Waals surface area contributed by atoms with Gasteiger partial charge in [-0.25, -0.2) is 0 Å². The first-order valence-corrected chi connectivity index (χ1v) is 6.64. The zero-order valence-electron chi connectivity index (χ0n) is 10.6. The molecule has 1 aromatic carbocycles. The molecule has 0 bridgehead atoms. The molecule has 2 rings (SSSR count). The standard InChI is InChI=1S/C15H21NO/c1-2-5-15(17)14-8-6-13(7-9-14)12-16-10-3-4-11-16/h6-9H,2-5,10-12H2,1H3. The van der Waals surface area contributed by atoms with Crippen molar-refractivity contribution in [2.45, 2.75) is 39.2 Å². The largest absolute Gasteiger partial charge is 0.299 e. The van der Waals surface area contributed by atoms with Crippen molar-refractivity contribution >= 4 is 5.78 Å². The zero-order valence-corrected chi connectivity index (χ0v) is 10.6. The molecule has 2 nitrogen and oxygen atoms in total. The molecule has 0 aliphatic carbocycles. The molecule has 1 aliphatic rings. The molecule has 1 aromatic rings. The van der Waals surface area contributed by atoms with Crippen LogP contribution in [0.1, 0.15) is 48.5 Å². The zero-order chi connectivity index (χ0) is 12.1. The van der Waals surface area contributed by atoms with E-state index in [1.807, 2.05) is 19.1 Å². The SMILES string of the molecule is CCCC(=O)c1ccc(CN2CCCC2)cc1. The summed E-state index contributed by atoms with van der Waals surface area (Å²) in [4.78, 5) is 14.2. The summed E-state index contributed by atoms with van der Waals surface area (Å²) in [6.07, 6.45) is 4.24. The van der Waals surface area contributed by atoms with Crippen LogP contribution >= 0.6 is 0 Å². The van der Waals surface area contributed by atoms with E-state index >= 15 is 0 Å². The Hall–Kier alpha value is -1.15. The van der Waals surface area contributed by atoms with Gasteiger partial charge in [-0.1, -0.05) is 31.2 Å². The fourth-order valence-corrected chi connectivity index (χ4v) is 2.37. The van der Waals surface area contributed by atoms with Gasteiger partial charge >= 0.3 is 0 Å². The van der Waals surface area contributed by atoms with Gasteiger partial charge in [-0.3, -0.25) is 9.69 Å². The molecule has 2 heteroatoms. The first-order valence-electron chi connectivity index (χ1n) is 6.64. The normalized spacial score (nSPS) is 16.3. The summed E-state index contributed by atoms with van der Waals surface area (Å²) < 4.78 is 0. The van der Waals surface area contributed by atoms with Crippen molar-refractivity contribution in [2.75, 3.05) is 13.1 Å². The van der Waals surface area contributed by atoms with Crippen LogP contribution in [0, 0.1) is 0 Å². The van der Waals surface area contributed by atoms with Gasteiger partial charge in [0.2, 0.25) is 0 Å². The maximum absolute atomic E-state index is 11.7. The van der Waals surface area contributed by atoms with Crippen LogP contribution < -0.4 is 0 Å². The second-order valence-electron chi connectivity index (χ2n) is 4.85. The van der Waals surface area contributed by atoms with E-state index in [0.717, 1.165) is 18.5 Å². The van der Waals surface area contributed by atoms with Gasteiger partial charge < -0.3 is 0 Å². The second kappa shape index (κ2) is 5.97. The number of Topliss-reactive ketones (excluding diaryl/α,β-unsaturated/α-hetero) is 1. The number of nitrogens with zero attached hydrogens (tertiary/aromatic N) is 1. The molecule has 0 N–H and O–H groups in total. The molecule has 1 fully saturated rings. The van der Waals surface area contributed by atoms with Crippen molar-refractivity contribution in [1.82, 2.24) is 4.90 Å². The summed E-state index contributed by atoms with van der Waals surface area (Å²) in [5, 5.41) is 0. The van der Waals surface area contributed by atoms with E-state index in [1.54, 1.807) is 0 Å². The van der Waals surface area contributed by atoms with Gasteiger partial charge in [-0.05, 0) is 37.9 Å². The molecule has 0 unspecified atom stereocenters. The molecule has 0 amide bonds. The lowest BCUT2D eigenvalue weighted by atomic mass is 10.0. The van der Waals surface area contributed by atoms with E-state index in [4.69, 9.17) is 0 Å². The van der Waals surface area contributed by atoms with E-state index in [-0.39, 0.29) is 5.78 Å². The molecule has 0 spiro atoms. The van der Waals surface area contributed by atoms with Crippen LogP contribution in [0.2, 0.25) is 0 Å². The summed E-state index contributed by atoms with van der Waals surface area (Å²) in [5.74, 6) is 0.264. The molecule has 92 valence electrons. The highest BCUT2D eigenvalue weighted by Gasteiger charge is 2.11. The van der Waals surface area contributed by atoms with Crippen LogP contribution in [0.3, 0.4) is 0 Å². The first-order chi connectivity index (χ1) is 8.29. The second-order valence-corrected chi connectivity index (χ2v) is 4.85. The van der Waals surface area contributed by atoms with Gasteiger partial charge in [0, 0.05) is 18.5 Å². The van der Waals surface area contributed by atoms with Crippen molar-refractivity contribution in [3.63, 3.8) is 0 Å². The Kier molecular flexibility index (Phi) is 4.32. The number of carbonyl (C=O) groups excluding carboxylic acids is 1. The lowest BCUT2D eigenvalue weighted by molar-refractivity contribution is 0.0981. The van der Waals surface area contributed by atoms with Gasteiger partial charge in [-0.2, -0.15) is 0 Å². The smallest absolute Gasteiger partial charge is 0.162 e. The van der Waals surface area contributed by atoms with E-state index in [1.165, 1.54) is 31.5 Å². The molecular weight excluding hydrogens is 210 g/mol.